The molecule has 4 aromatic rings. The monoisotopic (exact) mass is 591 g/mol. The average Bonchev–Trinajstić information content (AvgIpc) is 3.62. The highest BCUT2D eigenvalue weighted by Gasteiger charge is 2.37. The minimum atomic E-state index is -2.56. The van der Waals surface area contributed by atoms with Gasteiger partial charge < -0.3 is 9.40 Å². The summed E-state index contributed by atoms with van der Waals surface area (Å²) in [4.78, 5) is 19.1. The van der Waals surface area contributed by atoms with Crippen LogP contribution in [0, 0.1) is 11.6 Å². The highest BCUT2D eigenvalue weighted by molar-refractivity contribution is 5.21. The van der Waals surface area contributed by atoms with Gasteiger partial charge in [0, 0.05) is 74.6 Å². The molecule has 4 heterocycles. The number of halogens is 6. The first-order chi connectivity index (χ1) is 20.1. The van der Waals surface area contributed by atoms with Gasteiger partial charge in [0.25, 0.3) is 0 Å². The van der Waals surface area contributed by atoms with Crippen molar-refractivity contribution in [2.24, 2.45) is 0 Å². The van der Waals surface area contributed by atoms with Crippen LogP contribution in [0.1, 0.15) is 97.4 Å². The second kappa shape index (κ2) is 12.7. The maximum absolute atomic E-state index is 13.5. The fourth-order valence-electron chi connectivity index (χ4n) is 5.36. The first-order valence-electron chi connectivity index (χ1n) is 14.0. The van der Waals surface area contributed by atoms with Crippen LogP contribution in [0.4, 0.5) is 26.3 Å². The Hall–Kier alpha value is -3.70. The number of alkyl halides is 4. The molecule has 0 unspecified atom stereocenters. The SMILES string of the molecule is Fc1cnccc1Cc1cnc(C2CCC(F)(F)CC2)[nH]1.Fc1cnccc1Cc1coc(C2CCC(F)(F)CC2)n1. The Kier molecular flexibility index (Phi) is 8.98. The molecule has 0 radical (unpaired) electrons. The van der Waals surface area contributed by atoms with Crippen LogP contribution in [0.3, 0.4) is 0 Å². The van der Waals surface area contributed by atoms with Crippen molar-refractivity contribution in [2.75, 3.05) is 0 Å². The number of imidazole rings is 1. The summed E-state index contributed by atoms with van der Waals surface area (Å²) in [7, 11) is 0. The van der Waals surface area contributed by atoms with E-state index in [2.05, 4.69) is 24.9 Å². The van der Waals surface area contributed by atoms with Crippen LogP contribution >= 0.6 is 0 Å². The lowest BCUT2D eigenvalue weighted by atomic mass is 9.86. The van der Waals surface area contributed by atoms with E-state index < -0.39 is 11.8 Å². The number of hydrogen-bond donors (Lipinski definition) is 1. The zero-order chi connectivity index (χ0) is 29.7. The number of nitrogens with zero attached hydrogens (tertiary/aromatic N) is 4. The van der Waals surface area contributed by atoms with Crippen LogP contribution in [0.5, 0.6) is 0 Å². The lowest BCUT2D eigenvalue weighted by Gasteiger charge is -2.26. The van der Waals surface area contributed by atoms with Crippen LogP contribution in [-0.4, -0.2) is 36.8 Å². The van der Waals surface area contributed by atoms with E-state index in [1.165, 1.54) is 18.7 Å². The van der Waals surface area contributed by atoms with Crippen molar-refractivity contribution in [1.82, 2.24) is 24.9 Å². The number of rotatable bonds is 6. The molecule has 1 N–H and O–H groups in total. The summed E-state index contributed by atoms with van der Waals surface area (Å²) < 4.78 is 85.0. The standard InChI is InChI=1S/C15H16F3N3.C15H15F3N2O/c16-13-9-19-6-3-11(13)7-12-8-20-14(21-12)10-1-4-15(17,18)5-2-10;16-13-8-19-6-3-11(13)7-12-9-21-14(20-12)10-1-4-15(17,18)5-2-10/h3,6,8-10H,1-2,4-5,7H2,(H,20,21);3,6,8-10H,1-2,4-5,7H2. The lowest BCUT2D eigenvalue weighted by molar-refractivity contribution is -0.0401. The van der Waals surface area contributed by atoms with E-state index in [0.29, 0.717) is 61.2 Å². The Morgan fingerprint density at radius 3 is 1.88 bits per heavy atom. The molecule has 0 aromatic carbocycles. The average molecular weight is 592 g/mol. The van der Waals surface area contributed by atoms with Crippen molar-refractivity contribution in [3.63, 3.8) is 0 Å². The maximum atomic E-state index is 13.5. The van der Waals surface area contributed by atoms with Gasteiger partial charge in [-0.05, 0) is 48.9 Å². The Labute approximate surface area is 239 Å². The molecule has 2 fully saturated rings. The van der Waals surface area contributed by atoms with E-state index in [-0.39, 0.29) is 49.2 Å². The fraction of sp³-hybridized carbons (Fsp3) is 0.467. The third kappa shape index (κ3) is 7.77. The van der Waals surface area contributed by atoms with Crippen LogP contribution in [0.2, 0.25) is 0 Å². The number of aromatic nitrogens is 5. The molecule has 42 heavy (non-hydrogen) atoms. The molecule has 12 heteroatoms. The van der Waals surface area contributed by atoms with Crippen LogP contribution in [0.25, 0.3) is 0 Å². The largest absolute Gasteiger partial charge is 0.448 e. The quantitative estimate of drug-likeness (QED) is 0.231. The molecule has 0 saturated heterocycles. The van der Waals surface area contributed by atoms with Crippen molar-refractivity contribution in [1.29, 1.82) is 0 Å². The first-order valence-corrected chi connectivity index (χ1v) is 14.0. The first kappa shape index (κ1) is 29.8. The number of hydrogen-bond acceptors (Lipinski definition) is 5. The molecule has 224 valence electrons. The fourth-order valence-corrected chi connectivity index (χ4v) is 5.36. The number of H-pyrrole nitrogens is 1. The Morgan fingerprint density at radius 2 is 1.31 bits per heavy atom. The highest BCUT2D eigenvalue weighted by Crippen LogP contribution is 2.41. The molecule has 0 amide bonds. The summed E-state index contributed by atoms with van der Waals surface area (Å²) in [6.45, 7) is 0. The minimum absolute atomic E-state index is 0.0423. The number of aromatic amines is 1. The molecule has 2 aliphatic rings. The molecule has 2 aliphatic carbocycles. The summed E-state index contributed by atoms with van der Waals surface area (Å²) >= 11 is 0. The second-order valence-corrected chi connectivity index (χ2v) is 11.0. The van der Waals surface area contributed by atoms with E-state index in [0.717, 1.165) is 17.7 Å². The van der Waals surface area contributed by atoms with Crippen LogP contribution < -0.4 is 0 Å². The van der Waals surface area contributed by atoms with Gasteiger partial charge in [-0.25, -0.2) is 36.3 Å². The molecule has 0 spiro atoms. The van der Waals surface area contributed by atoms with E-state index in [9.17, 15) is 26.3 Å². The summed E-state index contributed by atoms with van der Waals surface area (Å²) in [5.74, 6) is -4.66. The molecule has 0 bridgehead atoms. The van der Waals surface area contributed by atoms with Gasteiger partial charge in [0.15, 0.2) is 5.89 Å². The van der Waals surface area contributed by atoms with Crippen LogP contribution in [-0.2, 0) is 12.8 Å². The summed E-state index contributed by atoms with van der Waals surface area (Å²) in [5, 5.41) is 0. The topological polar surface area (TPSA) is 80.5 Å². The van der Waals surface area contributed by atoms with Gasteiger partial charge in [-0.3, -0.25) is 9.97 Å². The van der Waals surface area contributed by atoms with Crippen molar-refractivity contribution in [3.05, 3.63) is 95.2 Å². The molecule has 0 aliphatic heterocycles. The zero-order valence-electron chi connectivity index (χ0n) is 22.8. The molecule has 2 saturated carbocycles. The van der Waals surface area contributed by atoms with Crippen molar-refractivity contribution >= 4 is 0 Å². The minimum Gasteiger partial charge on any atom is -0.448 e. The Morgan fingerprint density at radius 1 is 0.762 bits per heavy atom. The predicted molar refractivity (Wildman–Crippen MR) is 141 cm³/mol. The molecule has 6 rings (SSSR count). The zero-order valence-corrected chi connectivity index (χ0v) is 22.8. The molecule has 4 aromatic heterocycles. The third-order valence-corrected chi connectivity index (χ3v) is 7.85. The number of pyridine rings is 2. The van der Waals surface area contributed by atoms with Gasteiger partial charge in [-0.1, -0.05) is 0 Å². The molecular formula is C30H31F6N5O. The van der Waals surface area contributed by atoms with Gasteiger partial charge in [0.2, 0.25) is 11.8 Å². The van der Waals surface area contributed by atoms with Gasteiger partial charge >= 0.3 is 0 Å². The van der Waals surface area contributed by atoms with E-state index >= 15 is 0 Å². The number of nitrogens with one attached hydrogen (secondary N) is 1. The lowest BCUT2D eigenvalue weighted by Crippen LogP contribution is -2.24. The maximum Gasteiger partial charge on any atom is 0.248 e. The van der Waals surface area contributed by atoms with Crippen molar-refractivity contribution in [3.8, 4) is 0 Å². The van der Waals surface area contributed by atoms with Gasteiger partial charge in [0.1, 0.15) is 23.7 Å². The smallest absolute Gasteiger partial charge is 0.248 e. The highest BCUT2D eigenvalue weighted by atomic mass is 19.3. The van der Waals surface area contributed by atoms with E-state index in [1.54, 1.807) is 24.5 Å². The Bertz CT molecular complexity index is 1340. The second-order valence-electron chi connectivity index (χ2n) is 11.0. The summed E-state index contributed by atoms with van der Waals surface area (Å²) in [5.41, 5.74) is 2.41. The van der Waals surface area contributed by atoms with Gasteiger partial charge in [-0.2, -0.15) is 0 Å². The normalized spacial score (nSPS) is 18.8. The third-order valence-electron chi connectivity index (χ3n) is 7.85. The van der Waals surface area contributed by atoms with Gasteiger partial charge in [0.05, 0.1) is 18.1 Å². The van der Waals surface area contributed by atoms with Crippen molar-refractivity contribution in [2.45, 2.75) is 87.9 Å². The van der Waals surface area contributed by atoms with E-state index in [4.69, 9.17) is 4.42 Å². The summed E-state index contributed by atoms with van der Waals surface area (Å²) in [6.07, 6.45) is 10.4. The Balaban J connectivity index is 0.000000168. The molecular weight excluding hydrogens is 560 g/mol. The number of oxazole rings is 1. The van der Waals surface area contributed by atoms with Crippen molar-refractivity contribution < 1.29 is 30.8 Å². The van der Waals surface area contributed by atoms with Gasteiger partial charge in [-0.15, -0.1) is 0 Å². The predicted octanol–water partition coefficient (Wildman–Crippen LogP) is 7.92. The van der Waals surface area contributed by atoms with E-state index in [1.807, 2.05) is 0 Å². The summed E-state index contributed by atoms with van der Waals surface area (Å²) in [6, 6.07) is 3.21. The molecule has 0 atom stereocenters. The van der Waals surface area contributed by atoms with Crippen LogP contribution in [0.15, 0.2) is 53.8 Å². The molecule has 6 nitrogen and oxygen atoms in total.